The lowest BCUT2D eigenvalue weighted by atomic mass is 9.79. The zero-order valence-electron chi connectivity index (χ0n) is 10.8. The third-order valence-corrected chi connectivity index (χ3v) is 3.86. The maximum absolute atomic E-state index is 3.41. The lowest BCUT2D eigenvalue weighted by Crippen LogP contribution is -2.42. The fourth-order valence-corrected chi connectivity index (χ4v) is 2.93. The van der Waals surface area contributed by atoms with E-state index in [-0.39, 0.29) is 0 Å². The molecule has 90 valence electrons. The summed E-state index contributed by atoms with van der Waals surface area (Å²) >= 11 is 0. The predicted molar refractivity (Wildman–Crippen MR) is 67.2 cm³/mol. The van der Waals surface area contributed by atoms with E-state index in [4.69, 9.17) is 0 Å². The van der Waals surface area contributed by atoms with Crippen LogP contribution in [-0.2, 0) is 0 Å². The lowest BCUT2D eigenvalue weighted by molar-refractivity contribution is 0.153. The molecule has 0 aromatic heterocycles. The minimum absolute atomic E-state index is 0.552. The van der Waals surface area contributed by atoms with Crippen LogP contribution in [0, 0.1) is 5.41 Å². The van der Waals surface area contributed by atoms with E-state index in [0.717, 1.165) is 0 Å². The van der Waals surface area contributed by atoms with E-state index in [2.05, 4.69) is 31.2 Å². The van der Waals surface area contributed by atoms with Gasteiger partial charge < -0.3 is 10.2 Å². The molecule has 0 aromatic rings. The molecule has 0 spiro atoms. The van der Waals surface area contributed by atoms with Gasteiger partial charge >= 0.3 is 0 Å². The number of nitrogens with one attached hydrogen (secondary N) is 1. The molecular formula is C13H28N2. The second-order valence-corrected chi connectivity index (χ2v) is 5.27. The van der Waals surface area contributed by atoms with Crippen LogP contribution in [-0.4, -0.2) is 38.6 Å². The van der Waals surface area contributed by atoms with E-state index in [1.165, 1.54) is 58.2 Å². The van der Waals surface area contributed by atoms with Gasteiger partial charge in [0.15, 0.2) is 0 Å². The van der Waals surface area contributed by atoms with Crippen LogP contribution in [0.5, 0.6) is 0 Å². The van der Waals surface area contributed by atoms with E-state index in [9.17, 15) is 0 Å². The van der Waals surface area contributed by atoms with Crippen molar-refractivity contribution in [3.8, 4) is 0 Å². The van der Waals surface area contributed by atoms with Gasteiger partial charge in [-0.25, -0.2) is 0 Å². The fraction of sp³-hybridized carbons (Fsp3) is 1.00. The Bertz CT molecular complexity index is 160. The second-order valence-electron chi connectivity index (χ2n) is 5.27. The highest BCUT2D eigenvalue weighted by molar-refractivity contribution is 4.85. The Labute approximate surface area is 95.4 Å². The Hall–Kier alpha value is -0.0800. The van der Waals surface area contributed by atoms with Gasteiger partial charge in [0, 0.05) is 13.1 Å². The molecule has 1 aliphatic carbocycles. The van der Waals surface area contributed by atoms with Gasteiger partial charge in [0.2, 0.25) is 0 Å². The summed E-state index contributed by atoms with van der Waals surface area (Å²) in [5, 5.41) is 3.41. The molecule has 0 saturated heterocycles. The van der Waals surface area contributed by atoms with Gasteiger partial charge in [-0.2, -0.15) is 0 Å². The van der Waals surface area contributed by atoms with Crippen molar-refractivity contribution in [3.05, 3.63) is 0 Å². The first-order valence-corrected chi connectivity index (χ1v) is 6.55. The van der Waals surface area contributed by atoms with Gasteiger partial charge in [-0.1, -0.05) is 32.6 Å². The summed E-state index contributed by atoms with van der Waals surface area (Å²) < 4.78 is 0. The zero-order chi connectivity index (χ0) is 11.1. The normalized spacial score (nSPS) is 21.6. The summed E-state index contributed by atoms with van der Waals surface area (Å²) in [5.41, 5.74) is 0.552. The van der Waals surface area contributed by atoms with Gasteiger partial charge in [0.1, 0.15) is 0 Å². The molecule has 1 rings (SSSR count). The van der Waals surface area contributed by atoms with Crippen LogP contribution in [0.3, 0.4) is 0 Å². The van der Waals surface area contributed by atoms with E-state index >= 15 is 0 Å². The highest BCUT2D eigenvalue weighted by Crippen LogP contribution is 2.35. The molecule has 0 unspecified atom stereocenters. The van der Waals surface area contributed by atoms with Crippen molar-refractivity contribution in [1.82, 2.24) is 10.2 Å². The minimum atomic E-state index is 0.552. The third-order valence-electron chi connectivity index (χ3n) is 3.86. The Kier molecular flexibility index (Phi) is 5.62. The van der Waals surface area contributed by atoms with Gasteiger partial charge in [-0.15, -0.1) is 0 Å². The molecule has 1 saturated carbocycles. The molecule has 2 nitrogen and oxygen atoms in total. The van der Waals surface area contributed by atoms with Crippen LogP contribution in [0.25, 0.3) is 0 Å². The van der Waals surface area contributed by atoms with Crippen molar-refractivity contribution in [2.24, 2.45) is 5.41 Å². The van der Waals surface area contributed by atoms with E-state index < -0.39 is 0 Å². The molecule has 15 heavy (non-hydrogen) atoms. The number of rotatable bonds is 5. The van der Waals surface area contributed by atoms with Crippen molar-refractivity contribution >= 4 is 0 Å². The molecule has 1 fully saturated rings. The molecule has 0 aliphatic heterocycles. The molecule has 0 radical (unpaired) electrons. The van der Waals surface area contributed by atoms with Crippen LogP contribution >= 0.6 is 0 Å². The van der Waals surface area contributed by atoms with Crippen molar-refractivity contribution in [2.75, 3.05) is 33.7 Å². The van der Waals surface area contributed by atoms with Gasteiger partial charge in [-0.05, 0) is 38.9 Å². The first-order chi connectivity index (χ1) is 7.22. The van der Waals surface area contributed by atoms with Crippen LogP contribution in [0.1, 0.15) is 45.4 Å². The monoisotopic (exact) mass is 212 g/mol. The molecule has 0 bridgehead atoms. The van der Waals surface area contributed by atoms with Gasteiger partial charge in [0.05, 0.1) is 0 Å². The quantitative estimate of drug-likeness (QED) is 0.704. The summed E-state index contributed by atoms with van der Waals surface area (Å²) in [6.45, 7) is 5.89. The highest BCUT2D eigenvalue weighted by Gasteiger charge is 2.30. The maximum atomic E-state index is 3.41. The molecule has 0 heterocycles. The van der Waals surface area contributed by atoms with E-state index in [0.29, 0.717) is 5.41 Å². The van der Waals surface area contributed by atoms with Crippen LogP contribution < -0.4 is 5.32 Å². The summed E-state index contributed by atoms with van der Waals surface area (Å²) in [6, 6.07) is 0. The first kappa shape index (κ1) is 13.0. The summed E-state index contributed by atoms with van der Waals surface area (Å²) in [4.78, 5) is 2.47. The number of hydrogen-bond acceptors (Lipinski definition) is 2. The topological polar surface area (TPSA) is 15.3 Å². The lowest BCUT2D eigenvalue weighted by Gasteiger charge is -2.36. The van der Waals surface area contributed by atoms with Crippen molar-refractivity contribution in [2.45, 2.75) is 45.4 Å². The summed E-state index contributed by atoms with van der Waals surface area (Å²) in [6.07, 6.45) is 8.58. The maximum Gasteiger partial charge on any atom is 0.00470 e. The van der Waals surface area contributed by atoms with Crippen LogP contribution in [0.4, 0.5) is 0 Å². The standard InChI is InChI=1S/C13H28N2/c1-4-15(3)12-13(11-14-2)9-7-5-6-8-10-13/h14H,4-12H2,1-3H3. The number of hydrogen-bond donors (Lipinski definition) is 1. The van der Waals surface area contributed by atoms with Crippen LogP contribution in [0.15, 0.2) is 0 Å². The van der Waals surface area contributed by atoms with E-state index in [1.807, 2.05) is 0 Å². The molecule has 0 atom stereocenters. The largest absolute Gasteiger partial charge is 0.319 e. The van der Waals surface area contributed by atoms with Crippen molar-refractivity contribution in [1.29, 1.82) is 0 Å². The second kappa shape index (κ2) is 6.49. The van der Waals surface area contributed by atoms with Crippen molar-refractivity contribution < 1.29 is 0 Å². The molecule has 1 aliphatic rings. The SMILES string of the molecule is CCN(C)CC1(CNC)CCCCCC1. The molecule has 1 N–H and O–H groups in total. The highest BCUT2D eigenvalue weighted by atomic mass is 15.1. The minimum Gasteiger partial charge on any atom is -0.319 e. The Balaban J connectivity index is 2.57. The average molecular weight is 212 g/mol. The fourth-order valence-electron chi connectivity index (χ4n) is 2.93. The molecule has 0 aromatic carbocycles. The number of nitrogens with zero attached hydrogens (tertiary/aromatic N) is 1. The molecule has 0 amide bonds. The smallest absolute Gasteiger partial charge is 0.00470 e. The van der Waals surface area contributed by atoms with Crippen molar-refractivity contribution in [3.63, 3.8) is 0 Å². The summed E-state index contributed by atoms with van der Waals surface area (Å²) in [7, 11) is 4.35. The predicted octanol–water partition coefficient (Wildman–Crippen LogP) is 2.50. The first-order valence-electron chi connectivity index (χ1n) is 6.55. The Morgan fingerprint density at radius 2 is 1.73 bits per heavy atom. The Morgan fingerprint density at radius 1 is 1.13 bits per heavy atom. The van der Waals surface area contributed by atoms with E-state index in [1.54, 1.807) is 0 Å². The zero-order valence-corrected chi connectivity index (χ0v) is 10.8. The molecule has 2 heteroatoms. The summed E-state index contributed by atoms with van der Waals surface area (Å²) in [5.74, 6) is 0. The Morgan fingerprint density at radius 3 is 2.20 bits per heavy atom. The average Bonchev–Trinajstić information content (AvgIpc) is 2.44. The third kappa shape index (κ3) is 4.12. The van der Waals surface area contributed by atoms with Gasteiger partial charge in [-0.3, -0.25) is 0 Å². The molecular weight excluding hydrogens is 184 g/mol. The van der Waals surface area contributed by atoms with Crippen LogP contribution in [0.2, 0.25) is 0 Å². The van der Waals surface area contributed by atoms with Gasteiger partial charge in [0.25, 0.3) is 0 Å².